The first kappa shape index (κ1) is 15.4. The number of nitrogens with two attached hydrogens (primary N) is 1. The van der Waals surface area contributed by atoms with Crippen molar-refractivity contribution in [2.75, 3.05) is 18.2 Å². The molecule has 2 rings (SSSR count). The number of ether oxygens (including phenoxy) is 1. The molecule has 0 aliphatic heterocycles. The maximum Gasteiger partial charge on any atom is 0.176 e. The fourth-order valence-corrected chi connectivity index (χ4v) is 3.30. The Morgan fingerprint density at radius 2 is 2.05 bits per heavy atom. The topological polar surface area (TPSA) is 64.3 Å². The average molecular weight is 304 g/mol. The number of thiophene rings is 1. The van der Waals surface area contributed by atoms with Crippen molar-refractivity contribution in [3.05, 3.63) is 40.8 Å². The standard InChI is InChI=1S/C16H20N2O2S/c1-4-12(19)15-13(17)14(20-3)16(21-15)18-10(2)11-8-6-5-7-9-11/h5-10,18H,4,17H2,1-3H3. The molecule has 2 aromatic rings. The van der Waals surface area contributed by atoms with Gasteiger partial charge >= 0.3 is 0 Å². The summed E-state index contributed by atoms with van der Waals surface area (Å²) in [7, 11) is 1.57. The Hall–Kier alpha value is -2.01. The zero-order valence-electron chi connectivity index (χ0n) is 12.5. The molecular weight excluding hydrogens is 284 g/mol. The summed E-state index contributed by atoms with van der Waals surface area (Å²) in [5, 5.41) is 4.17. The van der Waals surface area contributed by atoms with E-state index in [-0.39, 0.29) is 11.8 Å². The van der Waals surface area contributed by atoms with Crippen LogP contribution in [0.25, 0.3) is 0 Å². The second-order valence-corrected chi connectivity index (χ2v) is 5.78. The molecule has 0 bridgehead atoms. The first-order chi connectivity index (χ1) is 10.1. The molecule has 0 amide bonds. The fourth-order valence-electron chi connectivity index (χ4n) is 2.12. The van der Waals surface area contributed by atoms with Crippen molar-refractivity contribution < 1.29 is 9.53 Å². The van der Waals surface area contributed by atoms with E-state index in [1.807, 2.05) is 25.1 Å². The van der Waals surface area contributed by atoms with Gasteiger partial charge in [-0.15, -0.1) is 11.3 Å². The van der Waals surface area contributed by atoms with Crippen LogP contribution in [0.5, 0.6) is 5.75 Å². The van der Waals surface area contributed by atoms with Crippen molar-refractivity contribution in [1.29, 1.82) is 0 Å². The molecule has 1 heterocycles. The van der Waals surface area contributed by atoms with Gasteiger partial charge in [-0.2, -0.15) is 0 Å². The van der Waals surface area contributed by atoms with Crippen molar-refractivity contribution in [3.8, 4) is 5.75 Å². The Balaban J connectivity index is 2.29. The Morgan fingerprint density at radius 3 is 2.62 bits per heavy atom. The van der Waals surface area contributed by atoms with Crippen molar-refractivity contribution in [2.45, 2.75) is 26.3 Å². The number of hydrogen-bond acceptors (Lipinski definition) is 5. The molecule has 1 unspecified atom stereocenters. The number of nitrogens with one attached hydrogen (secondary N) is 1. The molecule has 4 nitrogen and oxygen atoms in total. The zero-order valence-corrected chi connectivity index (χ0v) is 13.3. The molecule has 1 aromatic heterocycles. The van der Waals surface area contributed by atoms with Gasteiger partial charge in [-0.05, 0) is 12.5 Å². The largest absolute Gasteiger partial charge is 0.492 e. The van der Waals surface area contributed by atoms with Gasteiger partial charge in [-0.25, -0.2) is 0 Å². The molecule has 1 aromatic carbocycles. The van der Waals surface area contributed by atoms with E-state index in [9.17, 15) is 4.79 Å². The highest BCUT2D eigenvalue weighted by Gasteiger charge is 2.21. The number of benzene rings is 1. The van der Waals surface area contributed by atoms with Gasteiger partial charge in [0, 0.05) is 12.5 Å². The molecule has 0 spiro atoms. The molecule has 1 atom stereocenters. The Morgan fingerprint density at radius 1 is 1.38 bits per heavy atom. The van der Waals surface area contributed by atoms with Gasteiger partial charge < -0.3 is 15.8 Å². The number of ketones is 1. The van der Waals surface area contributed by atoms with E-state index in [1.165, 1.54) is 11.3 Å². The van der Waals surface area contributed by atoms with E-state index in [2.05, 4.69) is 24.4 Å². The molecule has 0 saturated carbocycles. The third-order valence-corrected chi connectivity index (χ3v) is 4.48. The SMILES string of the molecule is CCC(=O)c1sc(NC(C)c2ccccc2)c(OC)c1N. The van der Waals surface area contributed by atoms with Crippen LogP contribution in [0.3, 0.4) is 0 Å². The van der Waals surface area contributed by atoms with Gasteiger partial charge in [0.25, 0.3) is 0 Å². The lowest BCUT2D eigenvalue weighted by Gasteiger charge is -2.15. The number of rotatable bonds is 6. The highest BCUT2D eigenvalue weighted by Crippen LogP contribution is 2.44. The van der Waals surface area contributed by atoms with E-state index >= 15 is 0 Å². The average Bonchev–Trinajstić information content (AvgIpc) is 2.83. The predicted molar refractivity (Wildman–Crippen MR) is 88.4 cm³/mol. The van der Waals surface area contributed by atoms with Crippen molar-refractivity contribution >= 4 is 27.8 Å². The first-order valence-corrected chi connectivity index (χ1v) is 7.71. The monoisotopic (exact) mass is 304 g/mol. The Bertz CT molecular complexity index is 623. The number of hydrogen-bond donors (Lipinski definition) is 2. The molecule has 112 valence electrons. The molecule has 0 saturated heterocycles. The van der Waals surface area contributed by atoms with Crippen LogP contribution in [0.2, 0.25) is 0 Å². The summed E-state index contributed by atoms with van der Waals surface area (Å²) in [6.45, 7) is 3.89. The minimum atomic E-state index is 0.0382. The summed E-state index contributed by atoms with van der Waals surface area (Å²) in [4.78, 5) is 12.5. The summed E-state index contributed by atoms with van der Waals surface area (Å²) in [6, 6.07) is 10.2. The molecule has 0 fully saturated rings. The van der Waals surface area contributed by atoms with Crippen molar-refractivity contribution in [2.24, 2.45) is 0 Å². The maximum absolute atomic E-state index is 11.9. The van der Waals surface area contributed by atoms with Crippen LogP contribution in [-0.4, -0.2) is 12.9 Å². The molecular formula is C16H20N2O2S. The molecule has 5 heteroatoms. The lowest BCUT2D eigenvalue weighted by molar-refractivity contribution is 0.0992. The second kappa shape index (κ2) is 6.63. The van der Waals surface area contributed by atoms with Gasteiger partial charge in [0.05, 0.1) is 17.7 Å². The maximum atomic E-state index is 11.9. The third-order valence-electron chi connectivity index (χ3n) is 3.33. The van der Waals surface area contributed by atoms with Gasteiger partial charge in [-0.1, -0.05) is 37.3 Å². The number of nitrogen functional groups attached to an aromatic ring is 1. The van der Waals surface area contributed by atoms with Crippen LogP contribution in [-0.2, 0) is 0 Å². The highest BCUT2D eigenvalue weighted by molar-refractivity contribution is 7.19. The van der Waals surface area contributed by atoms with Gasteiger partial charge in [0.1, 0.15) is 5.00 Å². The van der Waals surface area contributed by atoms with Crippen molar-refractivity contribution in [1.82, 2.24) is 0 Å². The van der Waals surface area contributed by atoms with Crippen LogP contribution in [0.4, 0.5) is 10.7 Å². The predicted octanol–water partition coefficient (Wildman–Crippen LogP) is 4.10. The summed E-state index contributed by atoms with van der Waals surface area (Å²) in [5.41, 5.74) is 7.62. The van der Waals surface area contributed by atoms with E-state index in [0.29, 0.717) is 22.7 Å². The number of anilines is 2. The Labute approximate surface area is 128 Å². The summed E-state index contributed by atoms with van der Waals surface area (Å²) in [5.74, 6) is 0.593. The van der Waals surface area contributed by atoms with Crippen LogP contribution < -0.4 is 15.8 Å². The van der Waals surface area contributed by atoms with Gasteiger partial charge in [0.15, 0.2) is 11.5 Å². The summed E-state index contributed by atoms with van der Waals surface area (Å²) < 4.78 is 5.36. The lowest BCUT2D eigenvalue weighted by atomic mass is 10.1. The smallest absolute Gasteiger partial charge is 0.176 e. The summed E-state index contributed by atoms with van der Waals surface area (Å²) >= 11 is 1.36. The Kier molecular flexibility index (Phi) is 4.85. The second-order valence-electron chi connectivity index (χ2n) is 4.76. The summed E-state index contributed by atoms with van der Waals surface area (Å²) in [6.07, 6.45) is 0.432. The van der Waals surface area contributed by atoms with Crippen LogP contribution in [0.15, 0.2) is 30.3 Å². The number of carbonyl (C=O) groups is 1. The van der Waals surface area contributed by atoms with Crippen molar-refractivity contribution in [3.63, 3.8) is 0 Å². The van der Waals surface area contributed by atoms with E-state index in [1.54, 1.807) is 7.11 Å². The quantitative estimate of drug-likeness (QED) is 0.788. The number of carbonyl (C=O) groups excluding carboxylic acids is 1. The lowest BCUT2D eigenvalue weighted by Crippen LogP contribution is -2.06. The number of Topliss-reactive ketones (excluding diaryl/α,β-unsaturated/α-hetero) is 1. The molecule has 3 N–H and O–H groups in total. The molecule has 0 radical (unpaired) electrons. The first-order valence-electron chi connectivity index (χ1n) is 6.89. The minimum absolute atomic E-state index is 0.0382. The van der Waals surface area contributed by atoms with Gasteiger partial charge in [0.2, 0.25) is 0 Å². The number of methoxy groups -OCH3 is 1. The van der Waals surface area contributed by atoms with Crippen LogP contribution in [0.1, 0.15) is 41.5 Å². The van der Waals surface area contributed by atoms with E-state index < -0.39 is 0 Å². The highest BCUT2D eigenvalue weighted by atomic mass is 32.1. The van der Waals surface area contributed by atoms with E-state index in [0.717, 1.165) is 10.6 Å². The van der Waals surface area contributed by atoms with Gasteiger partial charge in [-0.3, -0.25) is 4.79 Å². The third kappa shape index (κ3) is 3.19. The van der Waals surface area contributed by atoms with Crippen LogP contribution >= 0.6 is 11.3 Å². The zero-order chi connectivity index (χ0) is 15.4. The van der Waals surface area contributed by atoms with Crippen LogP contribution in [0, 0.1) is 0 Å². The minimum Gasteiger partial charge on any atom is -0.492 e. The normalized spacial score (nSPS) is 12.0. The molecule has 0 aliphatic carbocycles. The fraction of sp³-hybridized carbons (Fsp3) is 0.312. The van der Waals surface area contributed by atoms with E-state index in [4.69, 9.17) is 10.5 Å². The molecule has 21 heavy (non-hydrogen) atoms. The molecule has 0 aliphatic rings.